The lowest BCUT2D eigenvalue weighted by Gasteiger charge is -2.48. The van der Waals surface area contributed by atoms with Crippen LogP contribution in [0.15, 0.2) is 48.5 Å². The summed E-state index contributed by atoms with van der Waals surface area (Å²) in [4.78, 5) is 39.8. The average molecular weight is 421 g/mol. The molecule has 2 fully saturated rings. The summed E-state index contributed by atoms with van der Waals surface area (Å²) in [6, 6.07) is 12.8. The van der Waals surface area contributed by atoms with Gasteiger partial charge >= 0.3 is 0 Å². The quantitative estimate of drug-likeness (QED) is 0.800. The second-order valence-corrected chi connectivity index (χ2v) is 8.67. The molecule has 0 aliphatic carbocycles. The van der Waals surface area contributed by atoms with Gasteiger partial charge in [-0.05, 0) is 48.6 Å². The van der Waals surface area contributed by atoms with Crippen LogP contribution >= 0.6 is 0 Å². The van der Waals surface area contributed by atoms with Crippen molar-refractivity contribution in [2.24, 2.45) is 0 Å². The lowest BCUT2D eigenvalue weighted by atomic mass is 9.76. The van der Waals surface area contributed by atoms with E-state index in [1.54, 1.807) is 18.2 Å². The second kappa shape index (κ2) is 7.48. The summed E-state index contributed by atoms with van der Waals surface area (Å²) in [6.07, 6.45) is 2.75. The molecule has 3 amide bonds. The highest BCUT2D eigenvalue weighted by atomic mass is 19.1. The number of rotatable bonds is 3. The van der Waals surface area contributed by atoms with Crippen molar-refractivity contribution in [1.82, 2.24) is 15.5 Å². The van der Waals surface area contributed by atoms with Gasteiger partial charge in [-0.1, -0.05) is 30.3 Å². The fraction of sp³-hybridized carbons (Fsp3) is 0.375. The number of hydrogen-bond acceptors (Lipinski definition) is 3. The van der Waals surface area contributed by atoms with Gasteiger partial charge in [-0.15, -0.1) is 0 Å². The van der Waals surface area contributed by atoms with Gasteiger partial charge in [-0.3, -0.25) is 14.4 Å². The van der Waals surface area contributed by atoms with Crippen LogP contribution in [0.1, 0.15) is 65.7 Å². The summed E-state index contributed by atoms with van der Waals surface area (Å²) in [5.41, 5.74) is 1.71. The van der Waals surface area contributed by atoms with Crippen LogP contribution in [-0.4, -0.2) is 34.7 Å². The molecule has 0 bridgehead atoms. The van der Waals surface area contributed by atoms with E-state index in [2.05, 4.69) is 10.6 Å². The molecule has 7 heteroatoms. The third-order valence-electron chi connectivity index (χ3n) is 6.81. The van der Waals surface area contributed by atoms with E-state index in [4.69, 9.17) is 0 Å². The molecule has 1 spiro atoms. The summed E-state index contributed by atoms with van der Waals surface area (Å²) in [7, 11) is 0. The molecule has 2 aromatic rings. The van der Waals surface area contributed by atoms with E-state index in [0.717, 1.165) is 24.0 Å². The van der Waals surface area contributed by atoms with Crippen LogP contribution in [0.2, 0.25) is 0 Å². The highest BCUT2D eigenvalue weighted by Crippen LogP contribution is 2.45. The third-order valence-corrected chi connectivity index (χ3v) is 6.81. The first-order valence-electron chi connectivity index (χ1n) is 10.7. The van der Waals surface area contributed by atoms with Gasteiger partial charge in [0.05, 0.1) is 24.0 Å². The SMILES string of the molecule is O=C1CC[C@]2(CCCN(C(=O)C[C@H]3NC(=O)c4ccccc43)[C@@H]2c2ccc(F)cc2)N1. The highest BCUT2D eigenvalue weighted by Gasteiger charge is 2.51. The minimum absolute atomic E-state index is 0.0154. The van der Waals surface area contributed by atoms with Gasteiger partial charge in [-0.2, -0.15) is 0 Å². The average Bonchev–Trinajstić information content (AvgIpc) is 3.29. The first kappa shape index (κ1) is 19.7. The molecule has 3 atom stereocenters. The van der Waals surface area contributed by atoms with E-state index in [1.165, 1.54) is 12.1 Å². The predicted octanol–water partition coefficient (Wildman–Crippen LogP) is 3.01. The number of benzene rings is 2. The van der Waals surface area contributed by atoms with E-state index >= 15 is 0 Å². The fourth-order valence-electron chi connectivity index (χ4n) is 5.45. The molecule has 2 saturated heterocycles. The smallest absolute Gasteiger partial charge is 0.252 e. The van der Waals surface area contributed by atoms with Crippen LogP contribution in [0, 0.1) is 5.82 Å². The maximum absolute atomic E-state index is 13.6. The van der Waals surface area contributed by atoms with E-state index in [-0.39, 0.29) is 42.0 Å². The molecule has 6 nitrogen and oxygen atoms in total. The van der Waals surface area contributed by atoms with Crippen LogP contribution in [0.3, 0.4) is 0 Å². The molecule has 0 radical (unpaired) electrons. The zero-order chi connectivity index (χ0) is 21.6. The van der Waals surface area contributed by atoms with E-state index < -0.39 is 5.54 Å². The van der Waals surface area contributed by atoms with Gasteiger partial charge in [0, 0.05) is 18.5 Å². The van der Waals surface area contributed by atoms with Gasteiger partial charge < -0.3 is 15.5 Å². The first-order valence-corrected chi connectivity index (χ1v) is 10.7. The first-order chi connectivity index (χ1) is 15.0. The number of likely N-dealkylation sites (tertiary alicyclic amines) is 1. The van der Waals surface area contributed by atoms with Crippen molar-refractivity contribution in [3.8, 4) is 0 Å². The summed E-state index contributed by atoms with van der Waals surface area (Å²) in [6.45, 7) is 0.556. The van der Waals surface area contributed by atoms with E-state index in [9.17, 15) is 18.8 Å². The van der Waals surface area contributed by atoms with Crippen LogP contribution in [0.25, 0.3) is 0 Å². The van der Waals surface area contributed by atoms with Crippen molar-refractivity contribution in [2.75, 3.05) is 6.54 Å². The molecule has 0 aromatic heterocycles. The summed E-state index contributed by atoms with van der Waals surface area (Å²) < 4.78 is 13.6. The highest BCUT2D eigenvalue weighted by molar-refractivity contribution is 5.99. The molecular weight excluding hydrogens is 397 g/mol. The lowest BCUT2D eigenvalue weighted by Crippen LogP contribution is -2.58. The topological polar surface area (TPSA) is 78.5 Å². The Morgan fingerprint density at radius 3 is 2.61 bits per heavy atom. The number of fused-ring (bicyclic) bond motifs is 1. The third kappa shape index (κ3) is 3.38. The van der Waals surface area contributed by atoms with Crippen LogP contribution < -0.4 is 10.6 Å². The normalized spacial score (nSPS) is 27.2. The monoisotopic (exact) mass is 421 g/mol. The summed E-state index contributed by atoms with van der Waals surface area (Å²) >= 11 is 0. The molecule has 3 aliphatic rings. The Labute approximate surface area is 179 Å². The summed E-state index contributed by atoms with van der Waals surface area (Å²) in [5.74, 6) is -0.608. The maximum atomic E-state index is 13.6. The Balaban J connectivity index is 1.46. The van der Waals surface area contributed by atoms with Crippen LogP contribution in [0.5, 0.6) is 0 Å². The minimum atomic E-state index is -0.542. The van der Waals surface area contributed by atoms with Crippen molar-refractivity contribution < 1.29 is 18.8 Å². The molecule has 160 valence electrons. The molecule has 2 N–H and O–H groups in total. The van der Waals surface area contributed by atoms with Gasteiger partial charge in [0.1, 0.15) is 5.82 Å². The number of piperidine rings is 1. The summed E-state index contributed by atoms with van der Waals surface area (Å²) in [5, 5.41) is 6.05. The van der Waals surface area contributed by atoms with Crippen molar-refractivity contribution in [3.05, 3.63) is 71.0 Å². The maximum Gasteiger partial charge on any atom is 0.252 e. The molecule has 2 aromatic carbocycles. The zero-order valence-corrected chi connectivity index (χ0v) is 17.1. The lowest BCUT2D eigenvalue weighted by molar-refractivity contribution is -0.139. The van der Waals surface area contributed by atoms with Crippen molar-refractivity contribution in [1.29, 1.82) is 0 Å². The second-order valence-electron chi connectivity index (χ2n) is 8.67. The Bertz CT molecular complexity index is 1050. The van der Waals surface area contributed by atoms with Gasteiger partial charge in [0.2, 0.25) is 11.8 Å². The molecule has 3 heterocycles. The number of hydrogen-bond donors (Lipinski definition) is 2. The number of halogens is 1. The largest absolute Gasteiger partial charge is 0.348 e. The number of amides is 3. The Morgan fingerprint density at radius 2 is 1.87 bits per heavy atom. The molecule has 31 heavy (non-hydrogen) atoms. The Morgan fingerprint density at radius 1 is 1.10 bits per heavy atom. The fourth-order valence-corrected chi connectivity index (χ4v) is 5.45. The Hall–Kier alpha value is -3.22. The van der Waals surface area contributed by atoms with E-state index in [0.29, 0.717) is 24.9 Å². The number of nitrogens with one attached hydrogen (secondary N) is 2. The van der Waals surface area contributed by atoms with Gasteiger partial charge in [0.25, 0.3) is 5.91 Å². The van der Waals surface area contributed by atoms with Crippen molar-refractivity contribution >= 4 is 17.7 Å². The molecule has 3 aliphatic heterocycles. The van der Waals surface area contributed by atoms with Gasteiger partial charge in [0.15, 0.2) is 0 Å². The minimum Gasteiger partial charge on any atom is -0.348 e. The van der Waals surface area contributed by atoms with Crippen LogP contribution in [0.4, 0.5) is 4.39 Å². The Kier molecular flexibility index (Phi) is 4.76. The zero-order valence-electron chi connectivity index (χ0n) is 17.1. The predicted molar refractivity (Wildman–Crippen MR) is 111 cm³/mol. The number of carbonyl (C=O) groups is 3. The number of carbonyl (C=O) groups excluding carboxylic acids is 3. The number of nitrogens with zero attached hydrogens (tertiary/aromatic N) is 1. The molecule has 0 saturated carbocycles. The van der Waals surface area contributed by atoms with Crippen molar-refractivity contribution in [3.63, 3.8) is 0 Å². The molecule has 5 rings (SSSR count). The van der Waals surface area contributed by atoms with E-state index in [1.807, 2.05) is 23.1 Å². The van der Waals surface area contributed by atoms with Crippen molar-refractivity contribution in [2.45, 2.75) is 49.7 Å². The molecule has 0 unspecified atom stereocenters. The molecular formula is C24H24FN3O3. The van der Waals surface area contributed by atoms with Crippen LogP contribution in [-0.2, 0) is 9.59 Å². The van der Waals surface area contributed by atoms with Gasteiger partial charge in [-0.25, -0.2) is 4.39 Å². The standard InChI is InChI=1S/C24H24FN3O3/c25-16-8-6-15(7-9-16)22-24(12-10-20(29)27-24)11-3-13-28(22)21(30)14-19-17-4-1-2-5-18(17)23(31)26-19/h1-2,4-9,19,22H,3,10-14H2,(H,26,31)(H,27,29)/t19-,22-,24+/m1/s1.